The molecule has 10 heteroatoms. The summed E-state index contributed by atoms with van der Waals surface area (Å²) < 4.78 is 9.07. The summed E-state index contributed by atoms with van der Waals surface area (Å²) in [6, 6.07) is 5.53. The molecule has 0 fully saturated rings. The van der Waals surface area contributed by atoms with Crippen LogP contribution in [0.5, 0.6) is 11.5 Å². The van der Waals surface area contributed by atoms with Crippen molar-refractivity contribution in [2.45, 2.75) is 52.5 Å². The van der Waals surface area contributed by atoms with Crippen molar-refractivity contribution in [3.8, 4) is 11.5 Å². The van der Waals surface area contributed by atoms with Crippen LogP contribution in [-0.2, 0) is 16.8 Å². The Labute approximate surface area is 195 Å². The molecule has 5 heterocycles. The number of pyridine rings is 2. The largest absolute Gasteiger partial charge is 0.455 e. The Morgan fingerprint density at radius 2 is 2.09 bits per heavy atom. The van der Waals surface area contributed by atoms with Crippen LogP contribution in [0.4, 0.5) is 16.8 Å². The van der Waals surface area contributed by atoms with Crippen molar-refractivity contribution in [2.24, 2.45) is 0 Å². The second kappa shape index (κ2) is 8.11. The fraction of sp³-hybridized carbons (Fsp3) is 0.348. The molecule has 0 aromatic carbocycles. The number of hydrogen-bond donors (Lipinski definition) is 2. The van der Waals surface area contributed by atoms with Crippen LogP contribution < -0.4 is 15.4 Å². The highest BCUT2D eigenvalue weighted by molar-refractivity contribution is 7.22. The number of carbonyl (C=O) groups is 1. The molecule has 0 radical (unpaired) electrons. The van der Waals surface area contributed by atoms with Crippen molar-refractivity contribution >= 4 is 44.4 Å². The third kappa shape index (κ3) is 4.25. The summed E-state index contributed by atoms with van der Waals surface area (Å²) in [5.41, 5.74) is 2.97. The molecule has 0 bridgehead atoms. The maximum absolute atomic E-state index is 11.3. The Hall–Kier alpha value is -3.53. The fourth-order valence-corrected chi connectivity index (χ4v) is 5.00. The molecule has 0 saturated carbocycles. The van der Waals surface area contributed by atoms with Crippen molar-refractivity contribution in [1.82, 2.24) is 24.7 Å². The highest BCUT2D eigenvalue weighted by Gasteiger charge is 2.29. The zero-order valence-electron chi connectivity index (χ0n) is 19.0. The number of aryl methyl sites for hydroxylation is 2. The van der Waals surface area contributed by atoms with E-state index in [0.717, 1.165) is 40.6 Å². The van der Waals surface area contributed by atoms with Crippen molar-refractivity contribution in [1.29, 1.82) is 0 Å². The van der Waals surface area contributed by atoms with Gasteiger partial charge in [-0.25, -0.2) is 9.97 Å². The Morgan fingerprint density at radius 3 is 2.88 bits per heavy atom. The summed E-state index contributed by atoms with van der Waals surface area (Å²) in [6.07, 6.45) is 5.55. The van der Waals surface area contributed by atoms with Crippen LogP contribution >= 0.6 is 11.3 Å². The predicted octanol–water partition coefficient (Wildman–Crippen LogP) is 5.16. The third-order valence-corrected chi connectivity index (χ3v) is 6.85. The third-order valence-electron chi connectivity index (χ3n) is 5.77. The van der Waals surface area contributed by atoms with E-state index in [1.54, 1.807) is 24.5 Å². The molecule has 9 nitrogen and oxygen atoms in total. The zero-order chi connectivity index (χ0) is 23.2. The van der Waals surface area contributed by atoms with Crippen molar-refractivity contribution in [2.75, 3.05) is 10.6 Å². The van der Waals surface area contributed by atoms with E-state index in [-0.39, 0.29) is 11.3 Å². The molecule has 0 atom stereocenters. The zero-order valence-corrected chi connectivity index (χ0v) is 19.8. The van der Waals surface area contributed by atoms with Crippen molar-refractivity contribution in [3.05, 3.63) is 41.9 Å². The number of rotatable bonds is 5. The first-order valence-corrected chi connectivity index (χ1v) is 11.6. The molecular formula is C23H25N7O2S. The molecule has 33 heavy (non-hydrogen) atoms. The van der Waals surface area contributed by atoms with Crippen molar-refractivity contribution < 1.29 is 9.53 Å². The van der Waals surface area contributed by atoms with Gasteiger partial charge < -0.3 is 15.4 Å². The maximum atomic E-state index is 11.3. The van der Waals surface area contributed by atoms with Crippen LogP contribution in [-0.4, -0.2) is 30.6 Å². The number of thiazole rings is 1. The molecule has 2 N–H and O–H groups in total. The van der Waals surface area contributed by atoms with Gasteiger partial charge in [0.05, 0.1) is 10.9 Å². The molecule has 170 valence electrons. The fourth-order valence-electron chi connectivity index (χ4n) is 4.08. The lowest BCUT2D eigenvalue weighted by Crippen LogP contribution is -2.27. The van der Waals surface area contributed by atoms with Gasteiger partial charge in [0.2, 0.25) is 5.91 Å². The second-order valence-corrected chi connectivity index (χ2v) is 9.83. The smallest absolute Gasteiger partial charge is 0.222 e. The van der Waals surface area contributed by atoms with Crippen molar-refractivity contribution in [3.63, 3.8) is 0 Å². The van der Waals surface area contributed by atoms with E-state index in [0.29, 0.717) is 23.0 Å². The number of carbonyl (C=O) groups excluding carboxylic acids is 1. The number of anilines is 3. The molecule has 4 aromatic heterocycles. The van der Waals surface area contributed by atoms with Crippen LogP contribution in [0.3, 0.4) is 0 Å². The Bertz CT molecular complexity index is 1360. The molecule has 4 aromatic rings. The molecule has 5 rings (SSSR count). The van der Waals surface area contributed by atoms with Gasteiger partial charge in [-0.05, 0) is 25.8 Å². The lowest BCUT2D eigenvalue weighted by Gasteiger charge is -2.30. The minimum Gasteiger partial charge on any atom is -0.455 e. The predicted molar refractivity (Wildman–Crippen MR) is 129 cm³/mol. The number of ether oxygens (including phenoxy) is 1. The molecule has 1 aliphatic heterocycles. The maximum Gasteiger partial charge on any atom is 0.222 e. The van der Waals surface area contributed by atoms with Crippen LogP contribution in [0.2, 0.25) is 0 Å². The van der Waals surface area contributed by atoms with Crippen LogP contribution in [0.15, 0.2) is 30.6 Å². The molecule has 1 aliphatic rings. The minimum atomic E-state index is -0.189. The van der Waals surface area contributed by atoms with E-state index in [4.69, 9.17) is 9.84 Å². The summed E-state index contributed by atoms with van der Waals surface area (Å²) in [5, 5.41) is 11.5. The normalized spacial score (nSPS) is 14.7. The number of amides is 1. The number of aromatic nitrogens is 5. The Balaban J connectivity index is 1.39. The number of hydrogen-bond acceptors (Lipinski definition) is 8. The first-order chi connectivity index (χ1) is 15.8. The summed E-state index contributed by atoms with van der Waals surface area (Å²) >= 11 is 1.52. The van der Waals surface area contributed by atoms with Gasteiger partial charge in [-0.15, -0.1) is 0 Å². The Kier molecular flexibility index (Phi) is 5.24. The second-order valence-electron chi connectivity index (χ2n) is 8.83. The van der Waals surface area contributed by atoms with Crippen LogP contribution in [0, 0.1) is 6.92 Å². The standard InChI is InChI=1S/C23H25N7O2S/c1-13-16(32-15-6-8-24-18(10-15)26-14(2)31)12-25-21-20(13)33-22(28-21)27-19-11-17-23(3,4)7-5-9-30(17)29-19/h6,8,10-12H,5,7,9H2,1-4H3,(H,24,26,31)(H,25,27,28,29). The van der Waals surface area contributed by atoms with Gasteiger partial charge in [0, 0.05) is 48.5 Å². The van der Waals surface area contributed by atoms with E-state index >= 15 is 0 Å². The number of nitrogens with zero attached hydrogens (tertiary/aromatic N) is 5. The summed E-state index contributed by atoms with van der Waals surface area (Å²) in [4.78, 5) is 24.5. The topological polar surface area (TPSA) is 107 Å². The first kappa shape index (κ1) is 21.3. The van der Waals surface area contributed by atoms with Crippen LogP contribution in [0.1, 0.15) is 44.9 Å². The molecule has 1 amide bonds. The molecular weight excluding hydrogens is 438 g/mol. The van der Waals surface area contributed by atoms with Gasteiger partial charge in [0.15, 0.2) is 16.6 Å². The van der Waals surface area contributed by atoms with E-state index < -0.39 is 0 Å². The summed E-state index contributed by atoms with van der Waals surface area (Å²) in [7, 11) is 0. The van der Waals surface area contributed by atoms with Gasteiger partial charge in [0.25, 0.3) is 0 Å². The van der Waals surface area contributed by atoms with E-state index in [2.05, 4.69) is 50.2 Å². The molecule has 0 saturated heterocycles. The van der Waals surface area contributed by atoms with E-state index in [1.165, 1.54) is 24.0 Å². The number of fused-ring (bicyclic) bond motifs is 2. The lowest BCUT2D eigenvalue weighted by molar-refractivity contribution is -0.114. The first-order valence-electron chi connectivity index (χ1n) is 10.8. The molecule has 0 aliphatic carbocycles. The molecule has 0 spiro atoms. The van der Waals surface area contributed by atoms with Gasteiger partial charge >= 0.3 is 0 Å². The highest BCUT2D eigenvalue weighted by atomic mass is 32.1. The molecule has 0 unspecified atom stereocenters. The van der Waals surface area contributed by atoms with E-state index in [9.17, 15) is 4.79 Å². The Morgan fingerprint density at radius 1 is 1.24 bits per heavy atom. The van der Waals surface area contributed by atoms with E-state index in [1.807, 2.05) is 6.92 Å². The average molecular weight is 464 g/mol. The lowest BCUT2D eigenvalue weighted by atomic mass is 9.82. The summed E-state index contributed by atoms with van der Waals surface area (Å²) in [5.74, 6) is 2.23. The van der Waals surface area contributed by atoms with Gasteiger partial charge in [0.1, 0.15) is 17.3 Å². The number of nitrogens with one attached hydrogen (secondary N) is 2. The minimum absolute atomic E-state index is 0.121. The summed E-state index contributed by atoms with van der Waals surface area (Å²) in [6.45, 7) is 8.89. The van der Waals surface area contributed by atoms with Gasteiger partial charge in [-0.2, -0.15) is 10.1 Å². The van der Waals surface area contributed by atoms with Crippen LogP contribution in [0.25, 0.3) is 10.3 Å². The SMILES string of the molecule is CC(=O)Nc1cc(Oc2cnc3nc(Nc4cc5n(n4)CCCC5(C)C)sc3c2C)ccn1. The quantitative estimate of drug-likeness (QED) is 0.421. The van der Waals surface area contributed by atoms with Gasteiger partial charge in [-0.3, -0.25) is 9.48 Å². The highest BCUT2D eigenvalue weighted by Crippen LogP contribution is 2.37. The monoisotopic (exact) mass is 463 g/mol. The van der Waals surface area contributed by atoms with Gasteiger partial charge in [-0.1, -0.05) is 25.2 Å². The average Bonchev–Trinajstić information content (AvgIpc) is 3.35.